The Hall–Kier alpha value is -0.410. The molecule has 1 aromatic rings. The van der Waals surface area contributed by atoms with Crippen LogP contribution in [0.2, 0.25) is 0 Å². The SMILES string of the molecule is CC1CCC(C)C(O)(Cc2cccc(F)c2Br)C1. The Morgan fingerprint density at radius 3 is 2.83 bits per heavy atom. The molecule has 1 N–H and O–H groups in total. The van der Waals surface area contributed by atoms with Crippen LogP contribution in [0.15, 0.2) is 22.7 Å². The molecule has 100 valence electrons. The van der Waals surface area contributed by atoms with Gasteiger partial charge in [0.25, 0.3) is 0 Å². The molecule has 1 nitrogen and oxygen atoms in total. The lowest BCUT2D eigenvalue weighted by Crippen LogP contribution is -2.43. The molecule has 0 spiro atoms. The van der Waals surface area contributed by atoms with Gasteiger partial charge in [-0.2, -0.15) is 0 Å². The van der Waals surface area contributed by atoms with Crippen molar-refractivity contribution in [3.63, 3.8) is 0 Å². The first-order chi connectivity index (χ1) is 8.42. The van der Waals surface area contributed by atoms with Crippen molar-refractivity contribution in [3.8, 4) is 0 Å². The molecule has 1 aliphatic carbocycles. The van der Waals surface area contributed by atoms with Crippen molar-refractivity contribution in [2.24, 2.45) is 11.8 Å². The number of rotatable bonds is 2. The molecule has 3 unspecified atom stereocenters. The number of hydrogen-bond donors (Lipinski definition) is 1. The van der Waals surface area contributed by atoms with Crippen molar-refractivity contribution in [1.82, 2.24) is 0 Å². The van der Waals surface area contributed by atoms with Gasteiger partial charge < -0.3 is 5.11 Å². The van der Waals surface area contributed by atoms with Gasteiger partial charge in [0.1, 0.15) is 5.82 Å². The summed E-state index contributed by atoms with van der Waals surface area (Å²) in [5.41, 5.74) is 0.159. The first kappa shape index (κ1) is 14.0. The number of aliphatic hydroxyl groups is 1. The third kappa shape index (κ3) is 2.77. The normalized spacial score (nSPS) is 32.5. The fourth-order valence-electron chi connectivity index (χ4n) is 2.97. The minimum absolute atomic E-state index is 0.257. The first-order valence-electron chi connectivity index (χ1n) is 6.57. The van der Waals surface area contributed by atoms with Gasteiger partial charge in [-0.05, 0) is 52.2 Å². The maximum absolute atomic E-state index is 13.5. The fraction of sp³-hybridized carbons (Fsp3) is 0.600. The summed E-state index contributed by atoms with van der Waals surface area (Å²) in [6.45, 7) is 4.27. The van der Waals surface area contributed by atoms with E-state index >= 15 is 0 Å². The predicted octanol–water partition coefficient (Wildman–Crippen LogP) is 4.32. The van der Waals surface area contributed by atoms with E-state index < -0.39 is 5.60 Å². The largest absolute Gasteiger partial charge is 0.389 e. The van der Waals surface area contributed by atoms with Crippen molar-refractivity contribution in [2.75, 3.05) is 0 Å². The molecule has 3 atom stereocenters. The Kier molecular flexibility index (Phi) is 4.12. The molecule has 1 aromatic carbocycles. The van der Waals surface area contributed by atoms with Gasteiger partial charge in [-0.3, -0.25) is 0 Å². The summed E-state index contributed by atoms with van der Waals surface area (Å²) in [6, 6.07) is 5.03. The van der Waals surface area contributed by atoms with E-state index in [1.807, 2.05) is 6.07 Å². The van der Waals surface area contributed by atoms with E-state index in [2.05, 4.69) is 29.8 Å². The van der Waals surface area contributed by atoms with Gasteiger partial charge in [0.2, 0.25) is 0 Å². The highest BCUT2D eigenvalue weighted by molar-refractivity contribution is 9.10. The van der Waals surface area contributed by atoms with Gasteiger partial charge in [-0.25, -0.2) is 4.39 Å². The van der Waals surface area contributed by atoms with E-state index in [9.17, 15) is 9.50 Å². The van der Waals surface area contributed by atoms with Gasteiger partial charge in [0.15, 0.2) is 0 Å². The number of benzene rings is 1. The Morgan fingerprint density at radius 1 is 1.39 bits per heavy atom. The third-order valence-corrected chi connectivity index (χ3v) is 5.13. The van der Waals surface area contributed by atoms with Crippen molar-refractivity contribution < 1.29 is 9.50 Å². The molecule has 0 aromatic heterocycles. The molecule has 0 radical (unpaired) electrons. The third-order valence-electron chi connectivity index (χ3n) is 4.24. The van der Waals surface area contributed by atoms with Gasteiger partial charge in [0.05, 0.1) is 10.1 Å². The zero-order valence-electron chi connectivity index (χ0n) is 10.9. The molecular weight excluding hydrogens is 295 g/mol. The van der Waals surface area contributed by atoms with Crippen molar-refractivity contribution >= 4 is 15.9 Å². The van der Waals surface area contributed by atoms with E-state index in [0.29, 0.717) is 16.8 Å². The summed E-state index contributed by atoms with van der Waals surface area (Å²) in [6.07, 6.45) is 3.55. The molecule has 0 amide bonds. The molecule has 1 aliphatic rings. The number of hydrogen-bond acceptors (Lipinski definition) is 1. The number of halogens is 2. The van der Waals surface area contributed by atoms with E-state index in [1.54, 1.807) is 6.07 Å². The summed E-state index contributed by atoms with van der Waals surface area (Å²) in [4.78, 5) is 0. The second-order valence-corrected chi connectivity index (χ2v) is 6.57. The maximum Gasteiger partial charge on any atom is 0.137 e. The summed E-state index contributed by atoms with van der Waals surface area (Å²) in [5.74, 6) is 0.551. The zero-order valence-corrected chi connectivity index (χ0v) is 12.5. The highest BCUT2D eigenvalue weighted by Gasteiger charge is 2.39. The first-order valence-corrected chi connectivity index (χ1v) is 7.37. The van der Waals surface area contributed by atoms with Crippen LogP contribution < -0.4 is 0 Å². The molecule has 18 heavy (non-hydrogen) atoms. The minimum Gasteiger partial charge on any atom is -0.389 e. The van der Waals surface area contributed by atoms with Crippen LogP contribution in [0, 0.1) is 17.7 Å². The molecular formula is C15H20BrFO. The van der Waals surface area contributed by atoms with E-state index in [-0.39, 0.29) is 11.7 Å². The topological polar surface area (TPSA) is 20.2 Å². The van der Waals surface area contributed by atoms with E-state index in [1.165, 1.54) is 12.5 Å². The molecule has 2 rings (SSSR count). The summed E-state index contributed by atoms with van der Waals surface area (Å²) < 4.78 is 14.0. The molecule has 0 saturated heterocycles. The quantitative estimate of drug-likeness (QED) is 0.862. The van der Waals surface area contributed by atoms with Crippen molar-refractivity contribution in [2.45, 2.75) is 45.1 Å². The lowest BCUT2D eigenvalue weighted by atomic mass is 9.69. The summed E-state index contributed by atoms with van der Waals surface area (Å²) in [5, 5.41) is 10.8. The van der Waals surface area contributed by atoms with Crippen LogP contribution in [0.3, 0.4) is 0 Å². The molecule has 0 bridgehead atoms. The van der Waals surface area contributed by atoms with Crippen LogP contribution in [-0.4, -0.2) is 10.7 Å². The van der Waals surface area contributed by atoms with Crippen LogP contribution in [-0.2, 0) is 6.42 Å². The minimum atomic E-state index is -0.700. The van der Waals surface area contributed by atoms with Gasteiger partial charge in [-0.15, -0.1) is 0 Å². The lowest BCUT2D eigenvalue weighted by molar-refractivity contribution is -0.0561. The molecule has 1 fully saturated rings. The van der Waals surface area contributed by atoms with Crippen LogP contribution in [0.1, 0.15) is 38.7 Å². The Balaban J connectivity index is 2.23. The Labute approximate surface area is 117 Å². The van der Waals surface area contributed by atoms with Crippen LogP contribution in [0.5, 0.6) is 0 Å². The average molecular weight is 315 g/mol. The fourth-order valence-corrected chi connectivity index (χ4v) is 3.38. The second kappa shape index (κ2) is 5.30. The highest BCUT2D eigenvalue weighted by atomic mass is 79.9. The van der Waals surface area contributed by atoms with E-state index in [4.69, 9.17) is 0 Å². The molecule has 3 heteroatoms. The molecule has 1 saturated carbocycles. The Morgan fingerprint density at radius 2 is 2.11 bits per heavy atom. The monoisotopic (exact) mass is 314 g/mol. The summed E-state index contributed by atoms with van der Waals surface area (Å²) >= 11 is 3.28. The van der Waals surface area contributed by atoms with Gasteiger partial charge in [0, 0.05) is 6.42 Å². The zero-order chi connectivity index (χ0) is 13.3. The van der Waals surface area contributed by atoms with E-state index in [0.717, 1.165) is 18.4 Å². The van der Waals surface area contributed by atoms with Gasteiger partial charge in [-0.1, -0.05) is 32.4 Å². The second-order valence-electron chi connectivity index (χ2n) is 5.78. The maximum atomic E-state index is 13.5. The predicted molar refractivity (Wildman–Crippen MR) is 74.9 cm³/mol. The van der Waals surface area contributed by atoms with Crippen LogP contribution in [0.25, 0.3) is 0 Å². The average Bonchev–Trinajstić information content (AvgIpc) is 2.30. The lowest BCUT2D eigenvalue weighted by Gasteiger charge is -2.41. The highest BCUT2D eigenvalue weighted by Crippen LogP contribution is 2.40. The van der Waals surface area contributed by atoms with Gasteiger partial charge >= 0.3 is 0 Å². The van der Waals surface area contributed by atoms with Crippen LogP contribution in [0.4, 0.5) is 4.39 Å². The van der Waals surface area contributed by atoms with Crippen molar-refractivity contribution in [3.05, 3.63) is 34.1 Å². The standard InChI is InChI=1S/C15H20BrFO/c1-10-6-7-11(2)15(18,8-10)9-12-4-3-5-13(17)14(12)16/h3-5,10-11,18H,6-9H2,1-2H3. The Bertz CT molecular complexity index is 435. The summed E-state index contributed by atoms with van der Waals surface area (Å²) in [7, 11) is 0. The smallest absolute Gasteiger partial charge is 0.137 e. The van der Waals surface area contributed by atoms with Crippen LogP contribution >= 0.6 is 15.9 Å². The molecule has 0 aliphatic heterocycles. The molecule has 0 heterocycles. The van der Waals surface area contributed by atoms with Crippen molar-refractivity contribution in [1.29, 1.82) is 0 Å².